The molecule has 6 nitrogen and oxygen atoms in total. The largest absolute Gasteiger partial charge is 0.444 e. The van der Waals surface area contributed by atoms with Crippen molar-refractivity contribution in [2.24, 2.45) is 0 Å². The van der Waals surface area contributed by atoms with Gasteiger partial charge in [-0.25, -0.2) is 9.18 Å². The van der Waals surface area contributed by atoms with Crippen LogP contribution in [0.15, 0.2) is 18.2 Å². The summed E-state index contributed by atoms with van der Waals surface area (Å²) in [5.74, 6) is -1.17. The number of halogens is 1. The molecule has 1 atom stereocenters. The molecule has 23 heavy (non-hydrogen) atoms. The minimum absolute atomic E-state index is 0.0584. The smallest absolute Gasteiger partial charge is 0.407 e. The number of rotatable bonds is 5. The fourth-order valence-electron chi connectivity index (χ4n) is 1.92. The summed E-state index contributed by atoms with van der Waals surface area (Å²) in [5.41, 5.74) is -0.159. The third kappa shape index (κ3) is 6.23. The number of nitrogens with one attached hydrogen (secondary N) is 2. The van der Waals surface area contributed by atoms with Crippen LogP contribution in [0.1, 0.15) is 36.7 Å². The van der Waals surface area contributed by atoms with E-state index in [1.165, 1.54) is 19.2 Å². The number of alkyl carbamates (subject to hydrolysis) is 1. The second-order valence-electron chi connectivity index (χ2n) is 6.12. The van der Waals surface area contributed by atoms with Crippen molar-refractivity contribution in [3.63, 3.8) is 0 Å². The number of carbonyl (C=O) groups excluding carboxylic acids is 2. The summed E-state index contributed by atoms with van der Waals surface area (Å²) >= 11 is 0. The summed E-state index contributed by atoms with van der Waals surface area (Å²) in [7, 11) is 1.42. The molecule has 128 valence electrons. The Morgan fingerprint density at radius 2 is 2.00 bits per heavy atom. The first-order valence-corrected chi connectivity index (χ1v) is 7.27. The number of hydrogen-bond acceptors (Lipinski definition) is 4. The number of ether oxygens (including phenoxy) is 1. The molecule has 0 unspecified atom stereocenters. The number of hydrogen-bond donors (Lipinski definition) is 3. The van der Waals surface area contributed by atoms with Crippen LogP contribution in [-0.2, 0) is 11.2 Å². The van der Waals surface area contributed by atoms with Crippen molar-refractivity contribution >= 4 is 12.0 Å². The Labute approximate surface area is 135 Å². The molecular weight excluding hydrogens is 303 g/mol. The Kier molecular flexibility index (Phi) is 6.50. The zero-order valence-electron chi connectivity index (χ0n) is 13.8. The van der Waals surface area contributed by atoms with Gasteiger partial charge in [-0.3, -0.25) is 4.79 Å². The minimum Gasteiger partial charge on any atom is -0.444 e. The SMILES string of the molecule is CNC(=O)c1ccc(C[C@@H](CO)NC(=O)OC(C)(C)C)cc1F. The lowest BCUT2D eigenvalue weighted by molar-refractivity contribution is 0.0482. The van der Waals surface area contributed by atoms with Crippen LogP contribution in [0.3, 0.4) is 0 Å². The highest BCUT2D eigenvalue weighted by Crippen LogP contribution is 2.13. The first kappa shape index (κ1) is 18.9. The van der Waals surface area contributed by atoms with E-state index >= 15 is 0 Å². The van der Waals surface area contributed by atoms with Crippen LogP contribution in [0.5, 0.6) is 0 Å². The lowest BCUT2D eigenvalue weighted by Gasteiger charge is -2.22. The second kappa shape index (κ2) is 7.92. The molecule has 3 N–H and O–H groups in total. The molecule has 0 saturated carbocycles. The first-order chi connectivity index (χ1) is 10.7. The van der Waals surface area contributed by atoms with Crippen molar-refractivity contribution in [2.45, 2.75) is 38.8 Å². The van der Waals surface area contributed by atoms with Gasteiger partial charge >= 0.3 is 6.09 Å². The second-order valence-corrected chi connectivity index (χ2v) is 6.12. The van der Waals surface area contributed by atoms with Crippen LogP contribution in [-0.4, -0.2) is 42.4 Å². The highest BCUT2D eigenvalue weighted by molar-refractivity contribution is 5.94. The maximum atomic E-state index is 13.9. The molecule has 0 radical (unpaired) electrons. The Morgan fingerprint density at radius 3 is 2.48 bits per heavy atom. The third-order valence-electron chi connectivity index (χ3n) is 2.93. The molecule has 0 aliphatic carbocycles. The predicted molar refractivity (Wildman–Crippen MR) is 83.7 cm³/mol. The Morgan fingerprint density at radius 1 is 1.35 bits per heavy atom. The topological polar surface area (TPSA) is 87.7 Å². The van der Waals surface area contributed by atoms with E-state index in [9.17, 15) is 19.1 Å². The van der Waals surface area contributed by atoms with Crippen molar-refractivity contribution in [2.75, 3.05) is 13.7 Å². The van der Waals surface area contributed by atoms with E-state index in [1.54, 1.807) is 26.8 Å². The molecule has 2 amide bonds. The summed E-state index contributed by atoms with van der Waals surface area (Å²) in [6.45, 7) is 4.87. The van der Waals surface area contributed by atoms with Crippen LogP contribution in [0, 0.1) is 5.82 Å². The van der Waals surface area contributed by atoms with Gasteiger partial charge in [-0.15, -0.1) is 0 Å². The standard InChI is InChI=1S/C16H23FN2O4/c1-16(2,3)23-15(22)19-11(9-20)7-10-5-6-12(13(17)8-10)14(21)18-4/h5-6,8,11,20H,7,9H2,1-4H3,(H,18,21)(H,19,22)/t11-/m0/s1. The van der Waals surface area contributed by atoms with Crippen molar-refractivity contribution in [1.29, 1.82) is 0 Å². The molecule has 0 aromatic heterocycles. The molecule has 0 spiro atoms. The average Bonchev–Trinajstić information content (AvgIpc) is 2.44. The molecule has 0 aliphatic heterocycles. The molecule has 1 rings (SSSR count). The Hall–Kier alpha value is -2.15. The number of benzene rings is 1. The summed E-state index contributed by atoms with van der Waals surface area (Å²) < 4.78 is 19.0. The summed E-state index contributed by atoms with van der Waals surface area (Å²) in [6.07, 6.45) is -0.445. The van der Waals surface area contributed by atoms with Crippen molar-refractivity contribution < 1.29 is 23.8 Å². The van der Waals surface area contributed by atoms with Crippen molar-refractivity contribution in [3.05, 3.63) is 35.1 Å². The lowest BCUT2D eigenvalue weighted by Crippen LogP contribution is -2.42. The highest BCUT2D eigenvalue weighted by atomic mass is 19.1. The molecule has 0 bridgehead atoms. The van der Waals surface area contributed by atoms with Crippen molar-refractivity contribution in [1.82, 2.24) is 10.6 Å². The quantitative estimate of drug-likeness (QED) is 0.767. The Bertz CT molecular complexity index is 570. The lowest BCUT2D eigenvalue weighted by atomic mass is 10.0. The van der Waals surface area contributed by atoms with Gasteiger partial charge < -0.3 is 20.5 Å². The molecule has 0 heterocycles. The van der Waals surface area contributed by atoms with E-state index in [0.29, 0.717) is 5.56 Å². The van der Waals surface area contributed by atoms with Gasteiger partial charge in [0.1, 0.15) is 11.4 Å². The van der Waals surface area contributed by atoms with Gasteiger partial charge in [0, 0.05) is 7.05 Å². The fraction of sp³-hybridized carbons (Fsp3) is 0.500. The molecule has 0 aliphatic rings. The molecular formula is C16H23FN2O4. The van der Waals surface area contributed by atoms with E-state index in [1.807, 2.05) is 0 Å². The summed E-state index contributed by atoms with van der Waals surface area (Å²) in [6, 6.07) is 3.54. The van der Waals surface area contributed by atoms with Gasteiger partial charge in [-0.2, -0.15) is 0 Å². The van der Waals surface area contributed by atoms with E-state index in [2.05, 4.69) is 10.6 Å². The maximum absolute atomic E-state index is 13.9. The molecule has 0 fully saturated rings. The van der Waals surface area contributed by atoms with E-state index in [-0.39, 0.29) is 18.6 Å². The van der Waals surface area contributed by atoms with Gasteiger partial charge in [0.15, 0.2) is 0 Å². The van der Waals surface area contributed by atoms with E-state index < -0.39 is 29.5 Å². The van der Waals surface area contributed by atoms with E-state index in [0.717, 1.165) is 0 Å². The van der Waals surface area contributed by atoms with Crippen molar-refractivity contribution in [3.8, 4) is 0 Å². The van der Waals surface area contributed by atoms with Gasteiger partial charge in [0.05, 0.1) is 18.2 Å². The first-order valence-electron chi connectivity index (χ1n) is 7.27. The average molecular weight is 326 g/mol. The third-order valence-corrected chi connectivity index (χ3v) is 2.93. The van der Waals surface area contributed by atoms with Crippen LogP contribution in [0.4, 0.5) is 9.18 Å². The number of carbonyl (C=O) groups is 2. The normalized spacial score (nSPS) is 12.4. The number of aliphatic hydroxyl groups excluding tert-OH is 1. The summed E-state index contributed by atoms with van der Waals surface area (Å²) in [5, 5.41) is 14.2. The molecule has 0 saturated heterocycles. The molecule has 7 heteroatoms. The molecule has 1 aromatic rings. The Balaban J connectivity index is 2.74. The molecule has 1 aromatic carbocycles. The number of amides is 2. The van der Waals surface area contributed by atoms with Gasteiger partial charge in [0.2, 0.25) is 0 Å². The summed E-state index contributed by atoms with van der Waals surface area (Å²) in [4.78, 5) is 23.1. The van der Waals surface area contributed by atoms with Crippen LogP contribution < -0.4 is 10.6 Å². The van der Waals surface area contributed by atoms with Gasteiger partial charge in [-0.05, 0) is 44.9 Å². The van der Waals surface area contributed by atoms with Gasteiger partial charge in [0.25, 0.3) is 5.91 Å². The monoisotopic (exact) mass is 326 g/mol. The fourth-order valence-corrected chi connectivity index (χ4v) is 1.92. The zero-order valence-corrected chi connectivity index (χ0v) is 13.8. The van der Waals surface area contributed by atoms with Crippen LogP contribution in [0.2, 0.25) is 0 Å². The van der Waals surface area contributed by atoms with E-state index in [4.69, 9.17) is 4.74 Å². The maximum Gasteiger partial charge on any atom is 0.407 e. The minimum atomic E-state index is -0.657. The van der Waals surface area contributed by atoms with Gasteiger partial charge in [-0.1, -0.05) is 6.07 Å². The number of aliphatic hydroxyl groups is 1. The highest BCUT2D eigenvalue weighted by Gasteiger charge is 2.20. The van der Waals surface area contributed by atoms with Crippen LogP contribution >= 0.6 is 0 Å². The predicted octanol–water partition coefficient (Wildman–Crippen LogP) is 1.61. The zero-order chi connectivity index (χ0) is 17.6. The van der Waals surface area contributed by atoms with Crippen LogP contribution in [0.25, 0.3) is 0 Å².